The number of halogens is 1. The Morgan fingerprint density at radius 2 is 2.15 bits per heavy atom. The molecule has 1 aliphatic carbocycles. The van der Waals surface area contributed by atoms with Crippen LogP contribution in [0.5, 0.6) is 0 Å². The molecule has 20 heavy (non-hydrogen) atoms. The largest absolute Gasteiger partial charge is 0.384 e. The Morgan fingerprint density at radius 1 is 1.40 bits per heavy atom. The predicted molar refractivity (Wildman–Crippen MR) is 81.1 cm³/mol. The Balaban J connectivity index is 0.00000147. The van der Waals surface area contributed by atoms with Crippen molar-refractivity contribution in [1.82, 2.24) is 10.2 Å². The topological polar surface area (TPSA) is 41.6 Å². The molecule has 0 aromatic carbocycles. The molecule has 5 heteroatoms. The van der Waals surface area contributed by atoms with E-state index in [2.05, 4.69) is 10.2 Å². The number of likely N-dealkylation sites (tertiary alicyclic amines) is 1. The minimum atomic E-state index is 0. The number of hydrogen-bond acceptors (Lipinski definition) is 3. The van der Waals surface area contributed by atoms with Crippen LogP contribution in [0.15, 0.2) is 0 Å². The van der Waals surface area contributed by atoms with E-state index in [1.165, 1.54) is 19.3 Å². The van der Waals surface area contributed by atoms with Crippen molar-refractivity contribution in [1.29, 1.82) is 0 Å². The first-order chi connectivity index (χ1) is 9.25. The number of nitrogens with zero attached hydrogens (tertiary/aromatic N) is 1. The van der Waals surface area contributed by atoms with Gasteiger partial charge in [-0.15, -0.1) is 12.4 Å². The van der Waals surface area contributed by atoms with E-state index < -0.39 is 0 Å². The number of amides is 1. The molecule has 0 bridgehead atoms. The highest BCUT2D eigenvalue weighted by molar-refractivity contribution is 5.85. The maximum atomic E-state index is 12.6. The average molecular weight is 303 g/mol. The highest BCUT2D eigenvalue weighted by Gasteiger charge is 2.58. The highest BCUT2D eigenvalue weighted by Crippen LogP contribution is 2.59. The zero-order valence-corrected chi connectivity index (χ0v) is 13.2. The average Bonchev–Trinajstić information content (AvgIpc) is 3.13. The Labute approximate surface area is 128 Å². The number of hydrogen-bond donors (Lipinski definition) is 1. The second-order valence-electron chi connectivity index (χ2n) is 6.62. The molecule has 2 heterocycles. The van der Waals surface area contributed by atoms with Gasteiger partial charge in [-0.2, -0.15) is 0 Å². The molecule has 0 radical (unpaired) electrons. The van der Waals surface area contributed by atoms with Crippen LogP contribution in [0.2, 0.25) is 0 Å². The molecule has 1 spiro atoms. The fraction of sp³-hybridized carbons (Fsp3) is 0.933. The van der Waals surface area contributed by atoms with Crippen molar-refractivity contribution < 1.29 is 9.53 Å². The molecule has 2 saturated heterocycles. The summed E-state index contributed by atoms with van der Waals surface area (Å²) in [5, 5.41) is 3.40. The fourth-order valence-electron chi connectivity index (χ4n) is 4.03. The summed E-state index contributed by atoms with van der Waals surface area (Å²) in [5.41, 5.74) is 0.372. The van der Waals surface area contributed by atoms with Crippen LogP contribution in [0.3, 0.4) is 0 Å². The van der Waals surface area contributed by atoms with Gasteiger partial charge in [-0.3, -0.25) is 4.79 Å². The van der Waals surface area contributed by atoms with Gasteiger partial charge in [0.25, 0.3) is 0 Å². The summed E-state index contributed by atoms with van der Waals surface area (Å²) in [6, 6.07) is 0. The summed E-state index contributed by atoms with van der Waals surface area (Å²) in [4.78, 5) is 14.8. The summed E-state index contributed by atoms with van der Waals surface area (Å²) in [6.45, 7) is 4.86. The molecule has 1 amide bonds. The predicted octanol–water partition coefficient (Wildman–Crippen LogP) is 1.68. The van der Waals surface area contributed by atoms with E-state index in [1.54, 1.807) is 7.11 Å². The van der Waals surface area contributed by atoms with Gasteiger partial charge in [0.2, 0.25) is 5.91 Å². The van der Waals surface area contributed by atoms with Crippen LogP contribution in [0.1, 0.15) is 32.1 Å². The van der Waals surface area contributed by atoms with Crippen LogP contribution >= 0.6 is 12.4 Å². The minimum Gasteiger partial charge on any atom is -0.384 e. The summed E-state index contributed by atoms with van der Waals surface area (Å²) < 4.78 is 5.25. The van der Waals surface area contributed by atoms with Gasteiger partial charge in [0.15, 0.2) is 0 Å². The van der Waals surface area contributed by atoms with Crippen molar-refractivity contribution in [3.63, 3.8) is 0 Å². The number of ether oxygens (including phenoxy) is 1. The first-order valence-corrected chi connectivity index (χ1v) is 7.74. The number of carbonyl (C=O) groups excluding carboxylic acids is 1. The van der Waals surface area contributed by atoms with Crippen molar-refractivity contribution in [3.05, 3.63) is 0 Å². The second kappa shape index (κ2) is 6.63. The maximum absolute atomic E-state index is 12.6. The third-order valence-corrected chi connectivity index (χ3v) is 5.32. The third kappa shape index (κ3) is 3.12. The van der Waals surface area contributed by atoms with E-state index in [4.69, 9.17) is 4.74 Å². The van der Waals surface area contributed by atoms with Crippen LogP contribution in [-0.2, 0) is 9.53 Å². The second-order valence-corrected chi connectivity index (χ2v) is 6.62. The molecular weight excluding hydrogens is 276 g/mol. The first kappa shape index (κ1) is 16.1. The zero-order chi connectivity index (χ0) is 13.3. The van der Waals surface area contributed by atoms with E-state index >= 15 is 0 Å². The van der Waals surface area contributed by atoms with Crippen molar-refractivity contribution in [3.8, 4) is 0 Å². The number of piperidine rings is 2. The maximum Gasteiger partial charge on any atom is 0.226 e. The van der Waals surface area contributed by atoms with Crippen LogP contribution < -0.4 is 5.32 Å². The van der Waals surface area contributed by atoms with Gasteiger partial charge < -0.3 is 15.0 Å². The Bertz CT molecular complexity index is 343. The molecule has 2 atom stereocenters. The van der Waals surface area contributed by atoms with Gasteiger partial charge in [0, 0.05) is 26.1 Å². The molecule has 0 aromatic heterocycles. The monoisotopic (exact) mass is 302 g/mol. The van der Waals surface area contributed by atoms with E-state index in [-0.39, 0.29) is 12.4 Å². The number of carbonyl (C=O) groups is 1. The minimum absolute atomic E-state index is 0. The molecule has 4 nitrogen and oxygen atoms in total. The smallest absolute Gasteiger partial charge is 0.226 e. The highest BCUT2D eigenvalue weighted by atomic mass is 35.5. The van der Waals surface area contributed by atoms with Gasteiger partial charge in [0.05, 0.1) is 6.61 Å². The lowest BCUT2D eigenvalue weighted by molar-refractivity contribution is -0.135. The molecular formula is C15H27ClN2O2. The lowest BCUT2D eigenvalue weighted by Gasteiger charge is -2.33. The van der Waals surface area contributed by atoms with Crippen LogP contribution in [-0.4, -0.2) is 50.7 Å². The van der Waals surface area contributed by atoms with Gasteiger partial charge in [-0.05, 0) is 56.5 Å². The lowest BCUT2D eigenvalue weighted by Crippen LogP contribution is -2.43. The number of rotatable bonds is 3. The van der Waals surface area contributed by atoms with Crippen LogP contribution in [0.4, 0.5) is 0 Å². The van der Waals surface area contributed by atoms with E-state index in [0.717, 1.165) is 45.6 Å². The number of methoxy groups -OCH3 is 1. The molecule has 0 aromatic rings. The quantitative estimate of drug-likeness (QED) is 0.862. The number of nitrogens with one attached hydrogen (secondary N) is 1. The molecule has 116 valence electrons. The summed E-state index contributed by atoms with van der Waals surface area (Å²) in [7, 11) is 1.76. The van der Waals surface area contributed by atoms with Crippen molar-refractivity contribution >= 4 is 18.3 Å². The lowest BCUT2D eigenvalue weighted by atomic mass is 9.91. The van der Waals surface area contributed by atoms with Crippen LogP contribution in [0, 0.1) is 17.3 Å². The summed E-state index contributed by atoms with van der Waals surface area (Å²) in [6.07, 6.45) is 5.87. The Kier molecular flexibility index (Phi) is 5.32. The fourth-order valence-corrected chi connectivity index (χ4v) is 4.03. The first-order valence-electron chi connectivity index (χ1n) is 7.74. The van der Waals surface area contributed by atoms with E-state index in [0.29, 0.717) is 23.2 Å². The standard InChI is InChI=1S/C15H26N2O2.ClH/c1-19-11-12-3-2-8-17(10-12)14(18)13-9-15(13)4-6-16-7-5-15;/h12-13,16H,2-11H2,1H3;1H. The molecule has 3 fully saturated rings. The molecule has 2 aliphatic heterocycles. The van der Waals surface area contributed by atoms with Crippen molar-refractivity contribution in [2.75, 3.05) is 39.9 Å². The zero-order valence-electron chi connectivity index (χ0n) is 12.4. The molecule has 1 N–H and O–H groups in total. The van der Waals surface area contributed by atoms with Crippen molar-refractivity contribution in [2.24, 2.45) is 17.3 Å². The Hall–Kier alpha value is -0.320. The van der Waals surface area contributed by atoms with E-state index in [9.17, 15) is 4.79 Å². The summed E-state index contributed by atoms with van der Waals surface area (Å²) in [5.74, 6) is 1.31. The van der Waals surface area contributed by atoms with Crippen LogP contribution in [0.25, 0.3) is 0 Å². The van der Waals surface area contributed by atoms with Gasteiger partial charge >= 0.3 is 0 Å². The molecule has 1 saturated carbocycles. The summed E-state index contributed by atoms with van der Waals surface area (Å²) >= 11 is 0. The third-order valence-electron chi connectivity index (χ3n) is 5.32. The normalized spacial score (nSPS) is 31.8. The van der Waals surface area contributed by atoms with E-state index in [1.807, 2.05) is 0 Å². The SMILES string of the molecule is COCC1CCCN(C(=O)C2CC23CCNCC3)C1.Cl. The molecule has 2 unspecified atom stereocenters. The molecule has 3 aliphatic rings. The van der Waals surface area contributed by atoms with Gasteiger partial charge in [-0.1, -0.05) is 0 Å². The van der Waals surface area contributed by atoms with Gasteiger partial charge in [-0.25, -0.2) is 0 Å². The van der Waals surface area contributed by atoms with Crippen molar-refractivity contribution in [2.45, 2.75) is 32.1 Å². The Morgan fingerprint density at radius 3 is 2.85 bits per heavy atom. The van der Waals surface area contributed by atoms with Gasteiger partial charge in [0.1, 0.15) is 0 Å². The molecule has 3 rings (SSSR count).